The molecule has 1 rings (SSSR count). The molecule has 2 heteroatoms. The first-order valence-electron chi connectivity index (χ1n) is 4.72. The molecule has 1 unspecified atom stereocenters. The van der Waals surface area contributed by atoms with E-state index in [0.29, 0.717) is 0 Å². The van der Waals surface area contributed by atoms with Crippen LogP contribution in [0.25, 0.3) is 6.08 Å². The molecule has 0 spiro atoms. The van der Waals surface area contributed by atoms with Crippen LogP contribution in [0, 0.1) is 6.92 Å². The third kappa shape index (κ3) is 2.60. The van der Waals surface area contributed by atoms with Gasteiger partial charge >= 0.3 is 0 Å². The van der Waals surface area contributed by atoms with Crippen LogP contribution in [0.3, 0.4) is 0 Å². The molecule has 0 saturated heterocycles. The van der Waals surface area contributed by atoms with E-state index in [1.165, 1.54) is 5.56 Å². The second-order valence-corrected chi connectivity index (χ2v) is 3.41. The van der Waals surface area contributed by atoms with Crippen LogP contribution in [0.1, 0.15) is 18.1 Å². The molecule has 2 N–H and O–H groups in total. The normalized spacial score (nSPS) is 13.1. The molecule has 1 aromatic rings. The lowest BCUT2D eigenvalue weighted by molar-refractivity contribution is 0.413. The zero-order valence-electron chi connectivity index (χ0n) is 8.95. The molecule has 2 nitrogen and oxygen atoms in total. The summed E-state index contributed by atoms with van der Waals surface area (Å²) in [5.41, 5.74) is 7.95. The third-order valence-electron chi connectivity index (χ3n) is 2.07. The highest BCUT2D eigenvalue weighted by Gasteiger charge is 2.01. The summed E-state index contributed by atoms with van der Waals surface area (Å²) in [5.74, 6) is 0.891. The molecule has 1 atom stereocenters. The summed E-state index contributed by atoms with van der Waals surface area (Å²) in [7, 11) is 1.68. The molecule has 0 amide bonds. The Hall–Kier alpha value is -1.28. The van der Waals surface area contributed by atoms with Crippen LogP contribution in [-0.2, 0) is 0 Å². The minimum absolute atomic E-state index is 0.0688. The zero-order valence-corrected chi connectivity index (χ0v) is 8.95. The van der Waals surface area contributed by atoms with Crippen LogP contribution >= 0.6 is 0 Å². The Balaban J connectivity index is 3.05. The molecule has 0 aliphatic heterocycles. The van der Waals surface area contributed by atoms with Crippen molar-refractivity contribution in [3.05, 3.63) is 35.4 Å². The van der Waals surface area contributed by atoms with Gasteiger partial charge in [0.25, 0.3) is 0 Å². The highest BCUT2D eigenvalue weighted by molar-refractivity contribution is 5.61. The summed E-state index contributed by atoms with van der Waals surface area (Å²) >= 11 is 0. The van der Waals surface area contributed by atoms with Gasteiger partial charge in [0, 0.05) is 11.6 Å². The smallest absolute Gasteiger partial charge is 0.126 e. The molecule has 14 heavy (non-hydrogen) atoms. The molecular weight excluding hydrogens is 174 g/mol. The van der Waals surface area contributed by atoms with Crippen molar-refractivity contribution in [3.8, 4) is 5.75 Å². The van der Waals surface area contributed by atoms with Crippen molar-refractivity contribution in [2.75, 3.05) is 7.11 Å². The van der Waals surface area contributed by atoms with Gasteiger partial charge in [-0.1, -0.05) is 24.3 Å². The fraction of sp³-hybridized carbons (Fsp3) is 0.333. The SMILES string of the molecule is COc1cccc(C)c1/C=C/C(C)N. The summed E-state index contributed by atoms with van der Waals surface area (Å²) < 4.78 is 5.27. The number of hydrogen-bond donors (Lipinski definition) is 1. The maximum atomic E-state index is 5.65. The molecule has 0 saturated carbocycles. The first-order chi connectivity index (χ1) is 6.65. The van der Waals surface area contributed by atoms with E-state index in [9.17, 15) is 0 Å². The molecule has 76 valence electrons. The van der Waals surface area contributed by atoms with Crippen LogP contribution in [-0.4, -0.2) is 13.2 Å². The van der Waals surface area contributed by atoms with Gasteiger partial charge in [0.1, 0.15) is 5.75 Å². The Morgan fingerprint density at radius 3 is 2.71 bits per heavy atom. The van der Waals surface area contributed by atoms with Gasteiger partial charge in [0.05, 0.1) is 7.11 Å². The molecule has 1 aromatic carbocycles. The van der Waals surface area contributed by atoms with Gasteiger partial charge in [-0.15, -0.1) is 0 Å². The topological polar surface area (TPSA) is 35.2 Å². The van der Waals surface area contributed by atoms with E-state index in [-0.39, 0.29) is 6.04 Å². The molecule has 0 aliphatic rings. The summed E-state index contributed by atoms with van der Waals surface area (Å²) in [6.45, 7) is 4.00. The zero-order chi connectivity index (χ0) is 10.6. The lowest BCUT2D eigenvalue weighted by Gasteiger charge is -2.07. The van der Waals surface area contributed by atoms with E-state index in [1.807, 2.05) is 31.2 Å². The molecular formula is C12H17NO. The Morgan fingerprint density at radius 1 is 1.43 bits per heavy atom. The van der Waals surface area contributed by atoms with Gasteiger partial charge in [-0.25, -0.2) is 0 Å². The Morgan fingerprint density at radius 2 is 2.14 bits per heavy atom. The number of benzene rings is 1. The first-order valence-corrected chi connectivity index (χ1v) is 4.72. The van der Waals surface area contributed by atoms with Gasteiger partial charge < -0.3 is 10.5 Å². The Kier molecular flexibility index (Phi) is 3.72. The number of methoxy groups -OCH3 is 1. The van der Waals surface area contributed by atoms with Gasteiger partial charge in [-0.3, -0.25) is 0 Å². The fourth-order valence-corrected chi connectivity index (χ4v) is 1.29. The van der Waals surface area contributed by atoms with E-state index in [1.54, 1.807) is 7.11 Å². The number of nitrogens with two attached hydrogens (primary N) is 1. The van der Waals surface area contributed by atoms with Crippen LogP contribution in [0.4, 0.5) is 0 Å². The van der Waals surface area contributed by atoms with Crippen molar-refractivity contribution in [2.45, 2.75) is 19.9 Å². The Bertz CT molecular complexity index is 329. The molecule has 0 heterocycles. The summed E-state index contributed by atoms with van der Waals surface area (Å²) in [5, 5.41) is 0. The van der Waals surface area contributed by atoms with Gasteiger partial charge in [0.2, 0.25) is 0 Å². The number of hydrogen-bond acceptors (Lipinski definition) is 2. The van der Waals surface area contributed by atoms with Crippen molar-refractivity contribution >= 4 is 6.08 Å². The van der Waals surface area contributed by atoms with Gasteiger partial charge in [0.15, 0.2) is 0 Å². The molecule has 0 aliphatic carbocycles. The standard InChI is InChI=1S/C12H17NO/c1-9-5-4-6-12(14-3)11(9)8-7-10(2)13/h4-8,10H,13H2,1-3H3/b8-7+. The Labute approximate surface area is 85.4 Å². The van der Waals surface area contributed by atoms with Crippen molar-refractivity contribution in [3.63, 3.8) is 0 Å². The van der Waals surface area contributed by atoms with Gasteiger partial charge in [-0.2, -0.15) is 0 Å². The summed E-state index contributed by atoms with van der Waals surface area (Å²) in [4.78, 5) is 0. The maximum absolute atomic E-state index is 5.65. The molecule has 0 radical (unpaired) electrons. The van der Waals surface area contributed by atoms with Crippen molar-refractivity contribution in [2.24, 2.45) is 5.73 Å². The van der Waals surface area contributed by atoms with Crippen LogP contribution < -0.4 is 10.5 Å². The van der Waals surface area contributed by atoms with Crippen LogP contribution in [0.2, 0.25) is 0 Å². The van der Waals surface area contributed by atoms with Crippen LogP contribution in [0.5, 0.6) is 5.75 Å². The summed E-state index contributed by atoms with van der Waals surface area (Å²) in [6.07, 6.45) is 3.98. The monoisotopic (exact) mass is 191 g/mol. The van der Waals surface area contributed by atoms with E-state index >= 15 is 0 Å². The second-order valence-electron chi connectivity index (χ2n) is 3.41. The fourth-order valence-electron chi connectivity index (χ4n) is 1.29. The lowest BCUT2D eigenvalue weighted by atomic mass is 10.1. The number of aryl methyl sites for hydroxylation is 1. The van der Waals surface area contributed by atoms with E-state index < -0.39 is 0 Å². The average molecular weight is 191 g/mol. The number of ether oxygens (including phenoxy) is 1. The average Bonchev–Trinajstić information content (AvgIpc) is 2.15. The second kappa shape index (κ2) is 4.82. The molecule has 0 aromatic heterocycles. The predicted molar refractivity (Wildman–Crippen MR) is 60.4 cm³/mol. The maximum Gasteiger partial charge on any atom is 0.126 e. The number of rotatable bonds is 3. The van der Waals surface area contributed by atoms with E-state index in [2.05, 4.69) is 13.0 Å². The van der Waals surface area contributed by atoms with Crippen LogP contribution in [0.15, 0.2) is 24.3 Å². The summed E-state index contributed by atoms with van der Waals surface area (Å²) in [6, 6.07) is 6.06. The minimum atomic E-state index is 0.0688. The quantitative estimate of drug-likeness (QED) is 0.796. The van der Waals surface area contributed by atoms with E-state index in [0.717, 1.165) is 11.3 Å². The highest BCUT2D eigenvalue weighted by Crippen LogP contribution is 2.22. The lowest BCUT2D eigenvalue weighted by Crippen LogP contribution is -2.10. The third-order valence-corrected chi connectivity index (χ3v) is 2.07. The molecule has 0 bridgehead atoms. The minimum Gasteiger partial charge on any atom is -0.496 e. The van der Waals surface area contributed by atoms with Crippen molar-refractivity contribution < 1.29 is 4.74 Å². The highest BCUT2D eigenvalue weighted by atomic mass is 16.5. The predicted octanol–water partition coefficient (Wildman–Crippen LogP) is 2.36. The van der Waals surface area contributed by atoms with Crippen molar-refractivity contribution in [1.29, 1.82) is 0 Å². The first kappa shape index (κ1) is 10.8. The van der Waals surface area contributed by atoms with Gasteiger partial charge in [-0.05, 0) is 25.5 Å². The van der Waals surface area contributed by atoms with Crippen molar-refractivity contribution in [1.82, 2.24) is 0 Å². The molecule has 0 fully saturated rings. The van der Waals surface area contributed by atoms with E-state index in [4.69, 9.17) is 10.5 Å². The largest absolute Gasteiger partial charge is 0.496 e.